The Balaban J connectivity index is 0.000000257. The summed E-state index contributed by atoms with van der Waals surface area (Å²) in [6.45, 7) is 34.4. The molecular weight excluding hydrogens is 508 g/mol. The van der Waals surface area contributed by atoms with Crippen molar-refractivity contribution in [1.82, 2.24) is 29.4 Å². The minimum atomic E-state index is 0.924. The lowest BCUT2D eigenvalue weighted by Crippen LogP contribution is -2.44. The van der Waals surface area contributed by atoms with E-state index in [1.807, 2.05) is 0 Å². The second kappa shape index (κ2) is 27.3. The van der Waals surface area contributed by atoms with Crippen LogP contribution in [0.15, 0.2) is 0 Å². The van der Waals surface area contributed by atoms with Crippen molar-refractivity contribution < 1.29 is 4.74 Å². The molecule has 5 saturated heterocycles. The molecule has 0 radical (unpaired) electrons. The van der Waals surface area contributed by atoms with Crippen LogP contribution in [0.4, 0.5) is 0 Å². The molecule has 5 aliphatic heterocycles. The van der Waals surface area contributed by atoms with Crippen LogP contribution in [0.2, 0.25) is 0 Å². The molecule has 7 heteroatoms. The van der Waals surface area contributed by atoms with Crippen LogP contribution in [0.25, 0.3) is 0 Å². The maximum atomic E-state index is 5.16. The zero-order valence-corrected chi connectivity index (χ0v) is 28.9. The van der Waals surface area contributed by atoms with Gasteiger partial charge in [-0.15, -0.1) is 0 Å². The van der Waals surface area contributed by atoms with Crippen molar-refractivity contribution in [3.63, 3.8) is 0 Å². The van der Waals surface area contributed by atoms with Gasteiger partial charge < -0.3 is 29.2 Å². The van der Waals surface area contributed by atoms with E-state index in [4.69, 9.17) is 4.74 Å². The maximum absolute atomic E-state index is 5.16. The first-order chi connectivity index (χ1) is 20.1. The molecule has 5 fully saturated rings. The van der Waals surface area contributed by atoms with Gasteiger partial charge in [-0.05, 0) is 118 Å². The average Bonchev–Trinajstić information content (AvgIpc) is 3.45. The zero-order valence-electron chi connectivity index (χ0n) is 28.9. The highest BCUT2D eigenvalue weighted by Crippen LogP contribution is 2.08. The van der Waals surface area contributed by atoms with Crippen LogP contribution in [0, 0.1) is 0 Å². The third-order valence-electron chi connectivity index (χ3n) is 9.28. The summed E-state index contributed by atoms with van der Waals surface area (Å²) in [7, 11) is 2.19. The summed E-state index contributed by atoms with van der Waals surface area (Å²) in [5.74, 6) is 0. The van der Waals surface area contributed by atoms with Gasteiger partial charge in [0.2, 0.25) is 0 Å². The van der Waals surface area contributed by atoms with Crippen LogP contribution < -0.4 is 0 Å². The van der Waals surface area contributed by atoms with E-state index in [-0.39, 0.29) is 0 Å². The van der Waals surface area contributed by atoms with Crippen LogP contribution in [0.5, 0.6) is 0 Å². The van der Waals surface area contributed by atoms with E-state index in [9.17, 15) is 0 Å². The van der Waals surface area contributed by atoms with Gasteiger partial charge in [-0.1, -0.05) is 53.9 Å². The van der Waals surface area contributed by atoms with Gasteiger partial charge in [0.15, 0.2) is 0 Å². The molecule has 5 rings (SSSR count). The number of rotatable bonds is 5. The fourth-order valence-corrected chi connectivity index (χ4v) is 5.91. The Morgan fingerprint density at radius 3 is 0.927 bits per heavy atom. The number of ether oxygens (including phenoxy) is 1. The minimum absolute atomic E-state index is 0.924. The van der Waals surface area contributed by atoms with Crippen LogP contribution >= 0.6 is 0 Å². The lowest BCUT2D eigenvalue weighted by molar-refractivity contribution is 0.0405. The molecule has 0 aromatic carbocycles. The summed E-state index contributed by atoms with van der Waals surface area (Å²) >= 11 is 0. The number of nitrogens with zero attached hydrogens (tertiary/aromatic N) is 6. The summed E-state index contributed by atoms with van der Waals surface area (Å²) in [6.07, 6.45) is 12.9. The normalized spacial score (nSPS) is 23.9. The largest absolute Gasteiger partial charge is 0.379 e. The van der Waals surface area contributed by atoms with E-state index in [1.165, 1.54) is 156 Å². The number of hydrogen-bond acceptors (Lipinski definition) is 7. The summed E-state index contributed by atoms with van der Waals surface area (Å²) in [4.78, 5) is 14.8. The molecule has 0 amide bonds. The minimum Gasteiger partial charge on any atom is -0.379 e. The Bertz CT molecular complexity index is 501. The van der Waals surface area contributed by atoms with Gasteiger partial charge in [-0.3, -0.25) is 4.90 Å². The molecule has 0 saturated carbocycles. The highest BCUT2D eigenvalue weighted by Gasteiger charge is 2.11. The van der Waals surface area contributed by atoms with Crippen molar-refractivity contribution in [2.75, 3.05) is 132 Å². The molecule has 0 spiro atoms. The quantitative estimate of drug-likeness (QED) is 0.447. The summed E-state index contributed by atoms with van der Waals surface area (Å²) < 4.78 is 5.16. The maximum Gasteiger partial charge on any atom is 0.0594 e. The number of piperidine rings is 1. The highest BCUT2D eigenvalue weighted by atomic mass is 16.5. The van der Waals surface area contributed by atoms with Gasteiger partial charge in [0.25, 0.3) is 0 Å². The Labute approximate surface area is 257 Å². The van der Waals surface area contributed by atoms with E-state index in [2.05, 4.69) is 71.1 Å². The predicted molar refractivity (Wildman–Crippen MR) is 180 cm³/mol. The second-order valence-corrected chi connectivity index (χ2v) is 12.3. The van der Waals surface area contributed by atoms with Crippen molar-refractivity contribution in [3.8, 4) is 0 Å². The van der Waals surface area contributed by atoms with Crippen molar-refractivity contribution in [2.45, 2.75) is 92.4 Å². The number of hydrogen-bond donors (Lipinski definition) is 0. The number of piperazine rings is 1. The predicted octanol–water partition coefficient (Wildman–Crippen LogP) is 5.07. The van der Waals surface area contributed by atoms with E-state index in [0.29, 0.717) is 0 Å². The van der Waals surface area contributed by atoms with Crippen LogP contribution in [0.3, 0.4) is 0 Å². The Kier molecular flexibility index (Phi) is 25.8. The Hall–Kier alpha value is -0.280. The number of likely N-dealkylation sites (tertiary alicyclic amines) is 3. The number of morpholine rings is 1. The lowest BCUT2D eigenvalue weighted by atomic mass is 10.1. The van der Waals surface area contributed by atoms with Crippen LogP contribution in [-0.2, 0) is 4.74 Å². The van der Waals surface area contributed by atoms with Gasteiger partial charge in [0, 0.05) is 39.3 Å². The average molecular weight is 583 g/mol. The first kappa shape index (κ1) is 38.7. The zero-order chi connectivity index (χ0) is 30.0. The van der Waals surface area contributed by atoms with Gasteiger partial charge >= 0.3 is 0 Å². The number of likely N-dealkylation sites (N-methyl/N-ethyl adjacent to an activating group) is 3. The Morgan fingerprint density at radius 2 is 0.610 bits per heavy atom. The molecule has 5 aliphatic rings. The first-order valence-electron chi connectivity index (χ1n) is 17.9. The van der Waals surface area contributed by atoms with Crippen LogP contribution in [-0.4, -0.2) is 161 Å². The Morgan fingerprint density at radius 1 is 0.341 bits per heavy atom. The van der Waals surface area contributed by atoms with Crippen LogP contribution in [0.1, 0.15) is 92.4 Å². The molecule has 0 aliphatic carbocycles. The molecule has 0 N–H and O–H groups in total. The van der Waals surface area contributed by atoms with Gasteiger partial charge in [0.1, 0.15) is 0 Å². The van der Waals surface area contributed by atoms with E-state index in [0.717, 1.165) is 26.3 Å². The van der Waals surface area contributed by atoms with E-state index < -0.39 is 0 Å². The fraction of sp³-hybridized carbons (Fsp3) is 1.00. The van der Waals surface area contributed by atoms with Gasteiger partial charge in [-0.2, -0.15) is 0 Å². The van der Waals surface area contributed by atoms with Crippen molar-refractivity contribution in [1.29, 1.82) is 0 Å². The molecule has 0 aromatic heterocycles. The molecule has 246 valence electrons. The molecule has 0 bridgehead atoms. The van der Waals surface area contributed by atoms with Crippen molar-refractivity contribution >= 4 is 0 Å². The SMILES string of the molecule is CCN1CCCC1.CCN1CCCCC1.CCN1CCCCCC1.CCN1CCN(C)CC1.CCN1CCOCC1. The highest BCUT2D eigenvalue weighted by molar-refractivity contribution is 4.67. The van der Waals surface area contributed by atoms with Gasteiger partial charge in [0.05, 0.1) is 13.2 Å². The summed E-state index contributed by atoms with van der Waals surface area (Å²) in [6, 6.07) is 0. The van der Waals surface area contributed by atoms with Crippen molar-refractivity contribution in [3.05, 3.63) is 0 Å². The molecule has 41 heavy (non-hydrogen) atoms. The van der Waals surface area contributed by atoms with Crippen molar-refractivity contribution in [2.24, 2.45) is 0 Å². The summed E-state index contributed by atoms with van der Waals surface area (Å²) in [5.41, 5.74) is 0. The van der Waals surface area contributed by atoms with E-state index in [1.54, 1.807) is 0 Å². The smallest absolute Gasteiger partial charge is 0.0594 e. The molecule has 0 aromatic rings. The first-order valence-corrected chi connectivity index (χ1v) is 17.9. The molecular formula is C34H74N6O. The summed E-state index contributed by atoms with van der Waals surface area (Å²) in [5, 5.41) is 0. The van der Waals surface area contributed by atoms with E-state index >= 15 is 0 Å². The lowest BCUT2D eigenvalue weighted by Gasteiger charge is -2.31. The topological polar surface area (TPSA) is 28.7 Å². The standard InChI is InChI=1S/C8H17N.C7H16N2.C7H15N.C6H13NO.C6H13N/c1-2-9-7-5-3-4-6-8-9;1-3-9-6-4-8(2)5-7-9;1-2-8-6-4-3-5-7-8;1-2-7-3-5-8-6-4-7;1-2-7-5-3-4-6-7/h2-8H2,1H3;3-7H2,1-2H3;2-7H2,1H3;2-6H2,1H3;2-6H2,1H3. The fourth-order valence-electron chi connectivity index (χ4n) is 5.91. The third-order valence-corrected chi connectivity index (χ3v) is 9.28. The monoisotopic (exact) mass is 583 g/mol. The molecule has 0 atom stereocenters. The third kappa shape index (κ3) is 21.1. The molecule has 0 unspecified atom stereocenters. The second-order valence-electron chi connectivity index (χ2n) is 12.3. The molecule has 5 heterocycles. The molecule has 7 nitrogen and oxygen atoms in total. The van der Waals surface area contributed by atoms with Gasteiger partial charge in [-0.25, -0.2) is 0 Å².